The lowest BCUT2D eigenvalue weighted by Gasteiger charge is -2.53. The zero-order valence-corrected chi connectivity index (χ0v) is 29.2. The molecule has 4 heterocycles. The lowest BCUT2D eigenvalue weighted by Crippen LogP contribution is -2.62. The van der Waals surface area contributed by atoms with Crippen LogP contribution in [0.3, 0.4) is 0 Å². The summed E-state index contributed by atoms with van der Waals surface area (Å²) in [6.45, 7) is 0. The average Bonchev–Trinajstić information content (AvgIpc) is 3.86. The fourth-order valence-corrected chi connectivity index (χ4v) is 11.0. The Kier molecular flexibility index (Phi) is 6.53. The first-order valence-electron chi connectivity index (χ1n) is 17.4. The standard InChI is InChI=1S/C45H32N4S2/c46-43(30-19-13-18-29(26-30)27-14-3-1-4-15-27)49-44(28-16-5-2-6-17-28)47-45(49)48-34-23-10-7-20-31(34)37-38-32-21-8-11-24-35(32)50-41(38)42-39(40(37)48)33-22-9-12-25-36(33)51-42/h1-26,43-45,47H,46H2/t43?,44-,45?/m1/s1. The minimum Gasteiger partial charge on any atom is -0.312 e. The largest absolute Gasteiger partial charge is 0.312 e. The monoisotopic (exact) mass is 692 g/mol. The first-order valence-corrected chi connectivity index (χ1v) is 19.0. The number of rotatable bonds is 5. The topological polar surface area (TPSA) is 46.2 Å². The second kappa shape index (κ2) is 11.3. The Morgan fingerprint density at radius 1 is 0.549 bits per heavy atom. The Morgan fingerprint density at radius 3 is 1.88 bits per heavy atom. The van der Waals surface area contributed by atoms with E-state index in [1.807, 2.05) is 22.7 Å². The van der Waals surface area contributed by atoms with Crippen LogP contribution in [0.4, 0.5) is 0 Å². The highest BCUT2D eigenvalue weighted by molar-refractivity contribution is 7.33. The van der Waals surface area contributed by atoms with Gasteiger partial charge in [0.25, 0.3) is 0 Å². The molecule has 0 aliphatic carbocycles. The van der Waals surface area contributed by atoms with Gasteiger partial charge in [-0.1, -0.05) is 133 Å². The molecule has 1 aliphatic rings. The van der Waals surface area contributed by atoms with Crippen LogP contribution in [0.1, 0.15) is 29.7 Å². The van der Waals surface area contributed by atoms with E-state index < -0.39 is 0 Å². The smallest absolute Gasteiger partial charge is 0.146 e. The molecule has 0 radical (unpaired) electrons. The zero-order valence-electron chi connectivity index (χ0n) is 27.5. The molecule has 1 saturated heterocycles. The van der Waals surface area contributed by atoms with Gasteiger partial charge >= 0.3 is 0 Å². The van der Waals surface area contributed by atoms with Gasteiger partial charge in [-0.05, 0) is 46.5 Å². The maximum Gasteiger partial charge on any atom is 0.146 e. The van der Waals surface area contributed by atoms with Crippen LogP contribution in [0.5, 0.6) is 0 Å². The highest BCUT2D eigenvalue weighted by Gasteiger charge is 2.45. The molecular formula is C45H32N4S2. The van der Waals surface area contributed by atoms with E-state index in [-0.39, 0.29) is 18.6 Å². The Morgan fingerprint density at radius 2 is 1.14 bits per heavy atom. The normalized spacial score (nSPS) is 17.3. The van der Waals surface area contributed by atoms with Crippen LogP contribution in [0.15, 0.2) is 158 Å². The number of nitrogens with one attached hydrogen (secondary N) is 1. The first kappa shape index (κ1) is 29.4. The lowest BCUT2D eigenvalue weighted by atomic mass is 9.99. The SMILES string of the molecule is NC(c1cccc(-c2ccccc2)c1)N1C(n2c3ccccc3c3c4c5ccccc5sc4c4sc5ccccc5c4c32)N[C@H]1c1ccccc1. The van der Waals surface area contributed by atoms with Gasteiger partial charge in [-0.2, -0.15) is 0 Å². The molecule has 0 bridgehead atoms. The molecular weight excluding hydrogens is 661 g/mol. The summed E-state index contributed by atoms with van der Waals surface area (Å²) < 4.78 is 7.92. The van der Waals surface area contributed by atoms with Crippen LogP contribution < -0.4 is 11.1 Å². The van der Waals surface area contributed by atoms with Gasteiger partial charge in [0.15, 0.2) is 0 Å². The number of benzene rings is 7. The van der Waals surface area contributed by atoms with E-state index in [2.05, 4.69) is 173 Å². The summed E-state index contributed by atoms with van der Waals surface area (Å²) in [5, 5.41) is 11.9. The van der Waals surface area contributed by atoms with Gasteiger partial charge in [-0.25, -0.2) is 4.90 Å². The first-order chi connectivity index (χ1) is 25.2. The highest BCUT2D eigenvalue weighted by atomic mass is 32.1. The number of para-hydroxylation sites is 1. The summed E-state index contributed by atoms with van der Waals surface area (Å²) in [6, 6.07) is 56.8. The summed E-state index contributed by atoms with van der Waals surface area (Å²) in [5.74, 6) is 0. The molecule has 0 saturated carbocycles. The van der Waals surface area contributed by atoms with E-state index in [0.717, 1.165) is 5.56 Å². The Hall–Kier alpha value is -5.34. The van der Waals surface area contributed by atoms with E-state index >= 15 is 0 Å². The number of hydrogen-bond acceptors (Lipinski definition) is 5. The van der Waals surface area contributed by atoms with Crippen molar-refractivity contribution in [1.29, 1.82) is 0 Å². The van der Waals surface area contributed by atoms with Crippen LogP contribution in [-0.4, -0.2) is 9.47 Å². The van der Waals surface area contributed by atoms with Crippen molar-refractivity contribution in [2.75, 3.05) is 0 Å². The van der Waals surface area contributed by atoms with Gasteiger partial charge in [0.05, 0.1) is 32.8 Å². The van der Waals surface area contributed by atoms with Crippen LogP contribution in [0, 0.1) is 0 Å². The third kappa shape index (κ3) is 4.29. The highest BCUT2D eigenvalue weighted by Crippen LogP contribution is 2.53. The van der Waals surface area contributed by atoms with Gasteiger partial charge in [-0.15, -0.1) is 22.7 Å². The van der Waals surface area contributed by atoms with Crippen LogP contribution in [0.25, 0.3) is 73.3 Å². The molecule has 244 valence electrons. The van der Waals surface area contributed by atoms with Crippen molar-refractivity contribution in [3.8, 4) is 11.1 Å². The van der Waals surface area contributed by atoms with Crippen molar-refractivity contribution < 1.29 is 0 Å². The molecule has 6 heteroatoms. The van der Waals surface area contributed by atoms with E-state index in [1.54, 1.807) is 0 Å². The molecule has 51 heavy (non-hydrogen) atoms. The summed E-state index contributed by atoms with van der Waals surface area (Å²) >= 11 is 3.84. The molecule has 7 aromatic carbocycles. The van der Waals surface area contributed by atoms with E-state index in [0.29, 0.717) is 0 Å². The molecule has 3 atom stereocenters. The van der Waals surface area contributed by atoms with Crippen molar-refractivity contribution >= 4 is 84.8 Å². The van der Waals surface area contributed by atoms with E-state index in [9.17, 15) is 0 Å². The second-order valence-corrected chi connectivity index (χ2v) is 15.6. The van der Waals surface area contributed by atoms with Crippen molar-refractivity contribution in [3.63, 3.8) is 0 Å². The molecule has 3 N–H and O–H groups in total. The van der Waals surface area contributed by atoms with Gasteiger partial charge in [0, 0.05) is 41.7 Å². The third-order valence-corrected chi connectivity index (χ3v) is 13.2. The molecule has 1 fully saturated rings. The molecule has 2 unspecified atom stereocenters. The Labute approximate surface area is 302 Å². The van der Waals surface area contributed by atoms with Crippen molar-refractivity contribution in [1.82, 2.24) is 14.8 Å². The number of nitrogens with zero attached hydrogens (tertiary/aromatic N) is 2. The number of thiophene rings is 2. The summed E-state index contributed by atoms with van der Waals surface area (Å²) in [5.41, 5.74) is 14.6. The van der Waals surface area contributed by atoms with Crippen LogP contribution in [-0.2, 0) is 0 Å². The van der Waals surface area contributed by atoms with Crippen LogP contribution >= 0.6 is 22.7 Å². The molecule has 4 nitrogen and oxygen atoms in total. The van der Waals surface area contributed by atoms with Gasteiger partial charge in [0.1, 0.15) is 6.29 Å². The predicted octanol–water partition coefficient (Wildman–Crippen LogP) is 11.9. The maximum atomic E-state index is 7.47. The maximum absolute atomic E-state index is 7.47. The molecule has 0 amide bonds. The quantitative estimate of drug-likeness (QED) is 0.189. The lowest BCUT2D eigenvalue weighted by molar-refractivity contribution is -0.104. The summed E-state index contributed by atoms with van der Waals surface area (Å²) in [7, 11) is 0. The zero-order chi connectivity index (χ0) is 33.6. The minimum atomic E-state index is -0.373. The van der Waals surface area contributed by atoms with Gasteiger partial charge in [0.2, 0.25) is 0 Å². The van der Waals surface area contributed by atoms with Crippen molar-refractivity contribution in [2.24, 2.45) is 5.73 Å². The molecule has 1 aliphatic heterocycles. The summed E-state index contributed by atoms with van der Waals surface area (Å²) in [4.78, 5) is 2.46. The Balaban J connectivity index is 1.21. The molecule has 3 aromatic heterocycles. The van der Waals surface area contributed by atoms with Gasteiger partial charge in [-0.3, -0.25) is 5.32 Å². The second-order valence-electron chi connectivity index (χ2n) is 13.5. The average molecular weight is 693 g/mol. The van der Waals surface area contributed by atoms with Crippen LogP contribution in [0.2, 0.25) is 0 Å². The number of nitrogens with two attached hydrogens (primary N) is 1. The van der Waals surface area contributed by atoms with Crippen molar-refractivity contribution in [3.05, 3.63) is 169 Å². The summed E-state index contributed by atoms with van der Waals surface area (Å²) in [6.07, 6.45) is -0.637. The van der Waals surface area contributed by atoms with E-state index in [4.69, 9.17) is 5.73 Å². The fraction of sp³-hybridized carbons (Fsp3) is 0.0667. The number of hydrogen-bond donors (Lipinski definition) is 2. The Bertz CT molecular complexity index is 2940. The minimum absolute atomic E-state index is 0.0665. The number of fused-ring (bicyclic) bond motifs is 12. The molecule has 10 aromatic rings. The third-order valence-electron chi connectivity index (χ3n) is 10.7. The number of aromatic nitrogens is 1. The fourth-order valence-electron chi connectivity index (χ4n) is 8.41. The van der Waals surface area contributed by atoms with E-state index in [1.165, 1.54) is 78.8 Å². The van der Waals surface area contributed by atoms with Gasteiger partial charge < -0.3 is 10.3 Å². The molecule has 0 spiro atoms. The van der Waals surface area contributed by atoms with Crippen molar-refractivity contribution in [2.45, 2.75) is 18.6 Å². The molecule has 11 rings (SSSR count). The predicted molar refractivity (Wildman–Crippen MR) is 217 cm³/mol.